The van der Waals surface area contributed by atoms with Gasteiger partial charge in [0, 0.05) is 6.42 Å². The molecule has 1 aliphatic heterocycles. The Labute approximate surface area is 198 Å². The molecule has 0 atom stereocenters. The van der Waals surface area contributed by atoms with Crippen molar-refractivity contribution in [1.82, 2.24) is 5.32 Å². The van der Waals surface area contributed by atoms with E-state index in [0.29, 0.717) is 23.4 Å². The minimum atomic E-state index is -0.766. The summed E-state index contributed by atoms with van der Waals surface area (Å²) in [5.41, 5.74) is 6.46. The fourth-order valence-corrected chi connectivity index (χ4v) is 4.14. The number of methoxy groups -OCH3 is 1. The summed E-state index contributed by atoms with van der Waals surface area (Å²) in [5.74, 6) is -0.740. The minimum absolute atomic E-state index is 0.121. The van der Waals surface area contributed by atoms with Crippen LogP contribution in [0.4, 0.5) is 10.5 Å². The van der Waals surface area contributed by atoms with Gasteiger partial charge in [-0.1, -0.05) is 59.2 Å². The van der Waals surface area contributed by atoms with Crippen molar-refractivity contribution in [3.05, 3.63) is 99.6 Å². The molecule has 4 rings (SSSR count). The lowest BCUT2D eigenvalue weighted by Gasteiger charge is -2.26. The van der Waals surface area contributed by atoms with E-state index in [-0.39, 0.29) is 5.57 Å². The van der Waals surface area contributed by atoms with Crippen LogP contribution in [0.5, 0.6) is 5.75 Å². The topological polar surface area (TPSA) is 75.7 Å². The number of rotatable bonds is 5. The number of imide groups is 2. The highest BCUT2D eigenvalue weighted by Gasteiger charge is 2.36. The normalized spacial score (nSPS) is 15.0. The summed E-state index contributed by atoms with van der Waals surface area (Å²) in [6.07, 6.45) is 2.17. The van der Waals surface area contributed by atoms with Crippen LogP contribution >= 0.6 is 0 Å². The molecule has 1 saturated heterocycles. The molecule has 0 aliphatic carbocycles. The van der Waals surface area contributed by atoms with Gasteiger partial charge in [-0.05, 0) is 61.7 Å². The van der Waals surface area contributed by atoms with Crippen LogP contribution in [0.2, 0.25) is 0 Å². The molecule has 0 unspecified atom stereocenters. The fourth-order valence-electron chi connectivity index (χ4n) is 4.14. The van der Waals surface area contributed by atoms with Crippen molar-refractivity contribution in [3.8, 4) is 5.75 Å². The summed E-state index contributed by atoms with van der Waals surface area (Å²) in [7, 11) is 1.59. The van der Waals surface area contributed by atoms with Gasteiger partial charge in [-0.15, -0.1) is 0 Å². The van der Waals surface area contributed by atoms with Crippen LogP contribution in [0.25, 0.3) is 6.08 Å². The molecular weight excluding hydrogens is 428 g/mol. The third kappa shape index (κ3) is 4.76. The van der Waals surface area contributed by atoms with Gasteiger partial charge in [-0.3, -0.25) is 14.9 Å². The van der Waals surface area contributed by atoms with Crippen molar-refractivity contribution < 1.29 is 19.1 Å². The maximum atomic E-state index is 13.1. The van der Waals surface area contributed by atoms with Gasteiger partial charge < -0.3 is 4.74 Å². The Balaban J connectivity index is 1.65. The van der Waals surface area contributed by atoms with Crippen LogP contribution in [0.3, 0.4) is 0 Å². The maximum Gasteiger partial charge on any atom is 0.335 e. The van der Waals surface area contributed by atoms with E-state index in [0.717, 1.165) is 16.0 Å². The molecule has 0 spiro atoms. The van der Waals surface area contributed by atoms with E-state index in [4.69, 9.17) is 4.74 Å². The molecule has 1 fully saturated rings. The second-order valence-electron chi connectivity index (χ2n) is 8.54. The average Bonchev–Trinajstić information content (AvgIpc) is 2.78. The average molecular weight is 455 g/mol. The van der Waals surface area contributed by atoms with E-state index in [1.807, 2.05) is 19.1 Å². The number of barbiturate groups is 1. The van der Waals surface area contributed by atoms with Gasteiger partial charge in [0.1, 0.15) is 11.3 Å². The van der Waals surface area contributed by atoms with Crippen molar-refractivity contribution >= 4 is 29.6 Å². The van der Waals surface area contributed by atoms with E-state index in [1.54, 1.807) is 37.4 Å². The number of nitrogens with one attached hydrogen (secondary N) is 1. The first kappa shape index (κ1) is 23.0. The summed E-state index contributed by atoms with van der Waals surface area (Å²) >= 11 is 0. The molecule has 1 N–H and O–H groups in total. The van der Waals surface area contributed by atoms with Gasteiger partial charge in [0.15, 0.2) is 0 Å². The van der Waals surface area contributed by atoms with Crippen LogP contribution in [-0.2, 0) is 16.0 Å². The Morgan fingerprint density at radius 3 is 2.18 bits per heavy atom. The number of hydrogen-bond acceptors (Lipinski definition) is 4. The number of hydrogen-bond donors (Lipinski definition) is 1. The molecule has 6 heteroatoms. The van der Waals surface area contributed by atoms with Crippen molar-refractivity contribution in [3.63, 3.8) is 0 Å². The first-order valence-electron chi connectivity index (χ1n) is 11.0. The van der Waals surface area contributed by atoms with Crippen LogP contribution < -0.4 is 15.0 Å². The Hall–Kier alpha value is -4.19. The Kier molecular flexibility index (Phi) is 6.32. The summed E-state index contributed by atoms with van der Waals surface area (Å²) in [5, 5.41) is 2.25. The van der Waals surface area contributed by atoms with Crippen molar-refractivity contribution in [1.29, 1.82) is 0 Å². The number of nitrogens with zero attached hydrogens (tertiary/aromatic N) is 1. The van der Waals surface area contributed by atoms with E-state index >= 15 is 0 Å². The molecule has 0 saturated carbocycles. The summed E-state index contributed by atoms with van der Waals surface area (Å²) in [4.78, 5) is 39.0. The maximum absolute atomic E-state index is 13.1. The summed E-state index contributed by atoms with van der Waals surface area (Å²) in [6.45, 7) is 6.05. The van der Waals surface area contributed by atoms with Crippen molar-refractivity contribution in [2.24, 2.45) is 0 Å². The largest absolute Gasteiger partial charge is 0.496 e. The van der Waals surface area contributed by atoms with Gasteiger partial charge in [0.25, 0.3) is 11.8 Å². The zero-order valence-electron chi connectivity index (χ0n) is 19.6. The van der Waals surface area contributed by atoms with Crippen LogP contribution in [0, 0.1) is 20.8 Å². The Bertz CT molecular complexity index is 1300. The van der Waals surface area contributed by atoms with E-state index < -0.39 is 17.8 Å². The number of carbonyl (C=O) groups is 3. The second kappa shape index (κ2) is 9.35. The molecule has 0 bridgehead atoms. The lowest BCUT2D eigenvalue weighted by Crippen LogP contribution is -2.54. The van der Waals surface area contributed by atoms with Crippen LogP contribution in [0.15, 0.2) is 66.2 Å². The van der Waals surface area contributed by atoms with Crippen molar-refractivity contribution in [2.45, 2.75) is 27.2 Å². The number of carbonyl (C=O) groups excluding carboxylic acids is 3. The zero-order valence-corrected chi connectivity index (χ0v) is 19.6. The molecule has 4 amide bonds. The van der Waals surface area contributed by atoms with Crippen LogP contribution in [0.1, 0.15) is 33.4 Å². The lowest BCUT2D eigenvalue weighted by atomic mass is 9.98. The molecule has 0 aromatic heterocycles. The zero-order chi connectivity index (χ0) is 24.4. The Morgan fingerprint density at radius 2 is 1.53 bits per heavy atom. The van der Waals surface area contributed by atoms with Gasteiger partial charge in [0.05, 0.1) is 12.8 Å². The molecule has 0 radical (unpaired) electrons. The van der Waals surface area contributed by atoms with E-state index in [1.165, 1.54) is 22.8 Å². The number of urea groups is 1. The molecule has 1 aliphatic rings. The van der Waals surface area contributed by atoms with Gasteiger partial charge in [0.2, 0.25) is 0 Å². The molecular formula is C28H26N2O4. The second-order valence-corrected chi connectivity index (χ2v) is 8.54. The smallest absolute Gasteiger partial charge is 0.335 e. The highest BCUT2D eigenvalue weighted by molar-refractivity contribution is 6.39. The number of aryl methyl sites for hydroxylation is 3. The lowest BCUT2D eigenvalue weighted by molar-refractivity contribution is -0.122. The molecule has 6 nitrogen and oxygen atoms in total. The van der Waals surface area contributed by atoms with E-state index in [2.05, 4.69) is 37.4 Å². The highest BCUT2D eigenvalue weighted by atomic mass is 16.5. The molecule has 1 heterocycles. The van der Waals surface area contributed by atoms with Gasteiger partial charge >= 0.3 is 6.03 Å². The van der Waals surface area contributed by atoms with Gasteiger partial charge in [-0.25, -0.2) is 9.69 Å². The molecule has 3 aromatic carbocycles. The standard InChI is InChI=1S/C28H26N2O4/c1-17-5-9-23(10-6-17)30-27(32)24(26(31)29-28(30)33)15-20-7-8-22(25(16-20)34-4)14-21-12-18(2)11-19(3)13-21/h5-13,15-16H,14H2,1-4H3,(H,29,31,33)/b24-15+. The van der Waals surface area contributed by atoms with Crippen LogP contribution in [-0.4, -0.2) is 25.0 Å². The predicted molar refractivity (Wildman–Crippen MR) is 132 cm³/mol. The highest BCUT2D eigenvalue weighted by Crippen LogP contribution is 2.27. The molecule has 3 aromatic rings. The third-order valence-corrected chi connectivity index (χ3v) is 5.69. The number of anilines is 1. The van der Waals surface area contributed by atoms with Crippen molar-refractivity contribution in [2.75, 3.05) is 12.0 Å². The molecule has 34 heavy (non-hydrogen) atoms. The first-order chi connectivity index (χ1) is 16.2. The molecule has 172 valence electrons. The van der Waals surface area contributed by atoms with E-state index in [9.17, 15) is 14.4 Å². The predicted octanol–water partition coefficient (Wildman–Crippen LogP) is 4.88. The number of benzene rings is 3. The quantitative estimate of drug-likeness (QED) is 0.441. The van der Waals surface area contributed by atoms with Gasteiger partial charge in [-0.2, -0.15) is 0 Å². The number of ether oxygens (including phenoxy) is 1. The monoisotopic (exact) mass is 454 g/mol. The Morgan fingerprint density at radius 1 is 0.853 bits per heavy atom. The first-order valence-corrected chi connectivity index (χ1v) is 11.0. The fraction of sp³-hybridized carbons (Fsp3) is 0.179. The minimum Gasteiger partial charge on any atom is -0.496 e. The number of amides is 4. The summed E-state index contributed by atoms with van der Waals surface area (Å²) < 4.78 is 5.60. The SMILES string of the molecule is COc1cc(/C=C2\C(=O)NC(=O)N(c3ccc(C)cc3)C2=O)ccc1Cc1cc(C)cc(C)c1. The third-order valence-electron chi connectivity index (χ3n) is 5.69. The summed E-state index contributed by atoms with van der Waals surface area (Å²) in [6, 6.07) is 18.1.